The highest BCUT2D eigenvalue weighted by Gasteiger charge is 2.23. The van der Waals surface area contributed by atoms with Gasteiger partial charge in [0.1, 0.15) is 11.6 Å². The number of thioether (sulfide) groups is 1. The Morgan fingerprint density at radius 2 is 1.86 bits per heavy atom. The van der Waals surface area contributed by atoms with Crippen LogP contribution in [-0.2, 0) is 11.3 Å². The van der Waals surface area contributed by atoms with E-state index in [0.717, 1.165) is 11.8 Å². The van der Waals surface area contributed by atoms with Crippen LogP contribution in [0.25, 0.3) is 11.4 Å². The Hall–Kier alpha value is -2.94. The lowest BCUT2D eigenvalue weighted by atomic mass is 10.2. The highest BCUT2D eigenvalue weighted by Crippen LogP contribution is 2.26. The second-order valence-corrected chi connectivity index (χ2v) is 7.58. The van der Waals surface area contributed by atoms with Crippen molar-refractivity contribution in [1.82, 2.24) is 19.8 Å². The fraction of sp³-hybridized carbons (Fsp3) is 0.211. The van der Waals surface area contributed by atoms with Gasteiger partial charge in [-0.05, 0) is 36.8 Å². The van der Waals surface area contributed by atoms with E-state index in [1.807, 2.05) is 0 Å². The van der Waals surface area contributed by atoms with Gasteiger partial charge in [-0.3, -0.25) is 4.79 Å². The topological polar surface area (TPSA) is 77.0 Å². The lowest BCUT2D eigenvalue weighted by Crippen LogP contribution is -2.33. The van der Waals surface area contributed by atoms with Gasteiger partial charge in [0.25, 0.3) is 0 Å². The summed E-state index contributed by atoms with van der Waals surface area (Å²) >= 11 is 1.15. The third kappa shape index (κ3) is 4.48. The average molecular weight is 403 g/mol. The summed E-state index contributed by atoms with van der Waals surface area (Å²) in [5, 5.41) is 7.84. The van der Waals surface area contributed by atoms with Gasteiger partial charge < -0.3 is 10.7 Å². The van der Waals surface area contributed by atoms with E-state index in [1.165, 1.54) is 33.8 Å². The van der Waals surface area contributed by atoms with Crippen molar-refractivity contribution >= 4 is 17.7 Å². The first-order valence-electron chi connectivity index (χ1n) is 8.47. The molecule has 146 valence electrons. The first-order valence-corrected chi connectivity index (χ1v) is 9.35. The molecule has 0 saturated heterocycles. The number of benzene rings is 2. The van der Waals surface area contributed by atoms with E-state index in [2.05, 4.69) is 10.2 Å². The quantitative estimate of drug-likeness (QED) is 0.506. The van der Waals surface area contributed by atoms with Crippen LogP contribution in [0.4, 0.5) is 8.78 Å². The summed E-state index contributed by atoms with van der Waals surface area (Å²) in [6, 6.07) is 12.0. The maximum atomic E-state index is 13.4. The number of nitrogens with zero attached hydrogens (tertiary/aromatic N) is 4. The number of amides is 1. The Balaban J connectivity index is 1.68. The first kappa shape index (κ1) is 19.8. The third-order valence-electron chi connectivity index (χ3n) is 4.06. The zero-order chi connectivity index (χ0) is 20.3. The van der Waals surface area contributed by atoms with Crippen LogP contribution in [0.5, 0.6) is 0 Å². The van der Waals surface area contributed by atoms with E-state index in [-0.39, 0.29) is 18.3 Å². The number of nitrogen functional groups attached to an aromatic ring is 1. The van der Waals surface area contributed by atoms with Crippen molar-refractivity contribution < 1.29 is 13.6 Å². The second-order valence-electron chi connectivity index (χ2n) is 6.27. The molecule has 1 atom stereocenters. The summed E-state index contributed by atoms with van der Waals surface area (Å²) < 4.78 is 28.0. The molecule has 0 unspecified atom stereocenters. The van der Waals surface area contributed by atoms with Gasteiger partial charge >= 0.3 is 0 Å². The standard InChI is InChI=1S/C19H19F2N5OS/c1-12(18(27)25(2)11-13-5-3-7-15(20)9-13)28-19-24-23-17(26(19)22)14-6-4-8-16(21)10-14/h3-10,12H,11,22H2,1-2H3/t12-/m1/s1. The maximum absolute atomic E-state index is 13.4. The Bertz CT molecular complexity index is 994. The van der Waals surface area contributed by atoms with Crippen molar-refractivity contribution in [3.8, 4) is 11.4 Å². The molecule has 0 radical (unpaired) electrons. The lowest BCUT2D eigenvalue weighted by Gasteiger charge is -2.21. The molecular formula is C19H19F2N5OS. The molecule has 0 bridgehead atoms. The number of rotatable bonds is 6. The summed E-state index contributed by atoms with van der Waals surface area (Å²) in [5.74, 6) is 5.42. The summed E-state index contributed by atoms with van der Waals surface area (Å²) in [6.45, 7) is 2.01. The third-order valence-corrected chi connectivity index (χ3v) is 5.11. The molecule has 0 aliphatic carbocycles. The van der Waals surface area contributed by atoms with E-state index < -0.39 is 11.1 Å². The SMILES string of the molecule is C[C@@H](Sc1nnc(-c2cccc(F)c2)n1N)C(=O)N(C)Cc1cccc(F)c1. The van der Waals surface area contributed by atoms with Crippen molar-refractivity contribution in [2.24, 2.45) is 0 Å². The zero-order valence-corrected chi connectivity index (χ0v) is 16.2. The van der Waals surface area contributed by atoms with Gasteiger partial charge in [0.15, 0.2) is 5.82 Å². The van der Waals surface area contributed by atoms with Crippen molar-refractivity contribution in [2.45, 2.75) is 23.9 Å². The van der Waals surface area contributed by atoms with E-state index in [1.54, 1.807) is 38.2 Å². The van der Waals surface area contributed by atoms with E-state index in [4.69, 9.17) is 5.84 Å². The number of aromatic nitrogens is 3. The zero-order valence-electron chi connectivity index (χ0n) is 15.3. The predicted octanol–water partition coefficient (Wildman–Crippen LogP) is 3.08. The first-order chi connectivity index (χ1) is 13.3. The van der Waals surface area contributed by atoms with Crippen molar-refractivity contribution in [2.75, 3.05) is 12.9 Å². The molecule has 0 aliphatic heterocycles. The minimum atomic E-state index is -0.495. The van der Waals surface area contributed by atoms with Crippen LogP contribution in [0.2, 0.25) is 0 Å². The molecular weight excluding hydrogens is 384 g/mol. The van der Waals surface area contributed by atoms with Crippen LogP contribution in [0, 0.1) is 11.6 Å². The van der Waals surface area contributed by atoms with Crippen molar-refractivity contribution in [3.63, 3.8) is 0 Å². The highest BCUT2D eigenvalue weighted by atomic mass is 32.2. The van der Waals surface area contributed by atoms with Gasteiger partial charge in [-0.2, -0.15) is 0 Å². The molecule has 2 N–H and O–H groups in total. The number of nitrogens with two attached hydrogens (primary N) is 1. The number of carbonyl (C=O) groups is 1. The van der Waals surface area contributed by atoms with Gasteiger partial charge in [0, 0.05) is 19.2 Å². The summed E-state index contributed by atoms with van der Waals surface area (Å²) in [5.41, 5.74) is 1.19. The van der Waals surface area contributed by atoms with Crippen LogP contribution < -0.4 is 5.84 Å². The minimum Gasteiger partial charge on any atom is -0.340 e. The molecule has 1 heterocycles. The fourth-order valence-electron chi connectivity index (χ4n) is 2.69. The Morgan fingerprint density at radius 1 is 1.18 bits per heavy atom. The molecule has 1 aromatic heterocycles. The van der Waals surface area contributed by atoms with Crippen LogP contribution in [0.15, 0.2) is 53.7 Å². The highest BCUT2D eigenvalue weighted by molar-refractivity contribution is 8.00. The Morgan fingerprint density at radius 3 is 2.54 bits per heavy atom. The van der Waals surface area contributed by atoms with Gasteiger partial charge in [0.05, 0.1) is 5.25 Å². The number of hydrogen-bond donors (Lipinski definition) is 1. The van der Waals surface area contributed by atoms with Crippen LogP contribution >= 0.6 is 11.8 Å². The average Bonchev–Trinajstić information content (AvgIpc) is 3.01. The van der Waals surface area contributed by atoms with Crippen LogP contribution in [-0.4, -0.2) is 38.0 Å². The van der Waals surface area contributed by atoms with Crippen LogP contribution in [0.1, 0.15) is 12.5 Å². The molecule has 9 heteroatoms. The van der Waals surface area contributed by atoms with Crippen molar-refractivity contribution in [1.29, 1.82) is 0 Å². The van der Waals surface area contributed by atoms with E-state index in [0.29, 0.717) is 22.1 Å². The van der Waals surface area contributed by atoms with Gasteiger partial charge in [-0.15, -0.1) is 10.2 Å². The summed E-state index contributed by atoms with van der Waals surface area (Å²) in [7, 11) is 1.65. The monoisotopic (exact) mass is 403 g/mol. The van der Waals surface area contributed by atoms with Crippen molar-refractivity contribution in [3.05, 3.63) is 65.7 Å². The molecule has 0 spiro atoms. The summed E-state index contributed by atoms with van der Waals surface area (Å²) in [6.07, 6.45) is 0. The molecule has 2 aromatic carbocycles. The molecule has 3 rings (SSSR count). The van der Waals surface area contributed by atoms with Gasteiger partial charge in [0.2, 0.25) is 11.1 Å². The Labute approximate surface area is 165 Å². The second kappa shape index (κ2) is 8.39. The largest absolute Gasteiger partial charge is 0.340 e. The lowest BCUT2D eigenvalue weighted by molar-refractivity contribution is -0.129. The molecule has 28 heavy (non-hydrogen) atoms. The van der Waals surface area contributed by atoms with E-state index in [9.17, 15) is 13.6 Å². The number of carbonyl (C=O) groups excluding carboxylic acids is 1. The van der Waals surface area contributed by atoms with Gasteiger partial charge in [-0.25, -0.2) is 13.5 Å². The van der Waals surface area contributed by atoms with Gasteiger partial charge in [-0.1, -0.05) is 36.0 Å². The molecule has 3 aromatic rings. The number of halogens is 2. The number of hydrogen-bond acceptors (Lipinski definition) is 5. The molecule has 0 fully saturated rings. The normalized spacial score (nSPS) is 12.0. The van der Waals surface area contributed by atoms with Crippen LogP contribution in [0.3, 0.4) is 0 Å². The predicted molar refractivity (Wildman–Crippen MR) is 104 cm³/mol. The van der Waals surface area contributed by atoms with E-state index >= 15 is 0 Å². The maximum Gasteiger partial charge on any atom is 0.235 e. The molecule has 0 aliphatic rings. The fourth-order valence-corrected chi connectivity index (χ4v) is 3.57. The smallest absolute Gasteiger partial charge is 0.235 e. The molecule has 1 amide bonds. The summed E-state index contributed by atoms with van der Waals surface area (Å²) in [4.78, 5) is 14.1. The Kier molecular flexibility index (Phi) is 5.93. The molecule has 6 nitrogen and oxygen atoms in total. The minimum absolute atomic E-state index is 0.162. The molecule has 0 saturated carbocycles.